The number of carboxylic acid groups (broad SMARTS) is 1. The molecule has 0 spiro atoms. The predicted molar refractivity (Wildman–Crippen MR) is 64.3 cm³/mol. The molecular formula is C13H17NaO4. The molecule has 18 heavy (non-hydrogen) atoms. The Hall–Kier alpha value is -0.840. The molecule has 1 rings (SSSR count). The number of ether oxygens (including phenoxy) is 1. The van der Waals surface area contributed by atoms with Gasteiger partial charge in [0.05, 0.1) is 5.56 Å². The van der Waals surface area contributed by atoms with Crippen molar-refractivity contribution in [1.29, 1.82) is 0 Å². The van der Waals surface area contributed by atoms with Gasteiger partial charge in [-0.2, -0.15) is 0 Å². The molecule has 0 aliphatic heterocycles. The minimum atomic E-state index is -0.995. The van der Waals surface area contributed by atoms with Crippen LogP contribution in [0.4, 0.5) is 0 Å². The molecule has 0 atom stereocenters. The molecule has 0 aliphatic rings. The maximum absolute atomic E-state index is 11.4. The van der Waals surface area contributed by atoms with E-state index in [4.69, 9.17) is 9.84 Å². The second-order valence-electron chi connectivity index (χ2n) is 3.76. The Kier molecular flexibility index (Phi) is 8.71. The second-order valence-corrected chi connectivity index (χ2v) is 3.76. The van der Waals surface area contributed by atoms with Crippen LogP contribution in [-0.4, -0.2) is 17.0 Å². The summed E-state index contributed by atoms with van der Waals surface area (Å²) in [5.74, 6) is -0.885. The Bertz CT molecular complexity index is 392. The fourth-order valence-electron chi connectivity index (χ4n) is 1.37. The normalized spacial score (nSPS) is 9.39. The first-order chi connectivity index (χ1) is 8.13. The van der Waals surface area contributed by atoms with E-state index in [0.717, 1.165) is 19.3 Å². The van der Waals surface area contributed by atoms with Crippen molar-refractivity contribution in [3.63, 3.8) is 0 Å². The van der Waals surface area contributed by atoms with Crippen LogP contribution in [0, 0.1) is 0 Å². The minimum absolute atomic E-state index is 0. The fraction of sp³-hybridized carbons (Fsp3) is 0.385. The molecule has 0 aromatic heterocycles. The van der Waals surface area contributed by atoms with E-state index in [0.29, 0.717) is 12.2 Å². The summed E-state index contributed by atoms with van der Waals surface area (Å²) in [6.07, 6.45) is 3.28. The fourth-order valence-corrected chi connectivity index (χ4v) is 1.37. The van der Waals surface area contributed by atoms with E-state index in [1.807, 2.05) is 0 Å². The van der Waals surface area contributed by atoms with Crippen molar-refractivity contribution >= 4 is 11.9 Å². The number of esters is 1. The van der Waals surface area contributed by atoms with Crippen molar-refractivity contribution in [1.82, 2.24) is 0 Å². The Labute approximate surface area is 130 Å². The zero-order valence-corrected chi connectivity index (χ0v) is 12.8. The Morgan fingerprint density at radius 2 is 1.83 bits per heavy atom. The standard InChI is InChI=1S/C13H16O4.Na.H/c1-2-3-4-5-12(14)17-11-8-6-10(7-9-11)13(15)16;;/h6-9H,2-5H2,1H3,(H,15,16);;/q;+1;-1. The summed E-state index contributed by atoms with van der Waals surface area (Å²) in [6, 6.07) is 5.80. The molecule has 0 radical (unpaired) electrons. The first kappa shape index (κ1) is 17.2. The molecule has 0 bridgehead atoms. The third-order valence-electron chi connectivity index (χ3n) is 2.32. The summed E-state index contributed by atoms with van der Waals surface area (Å²) < 4.78 is 5.06. The van der Waals surface area contributed by atoms with Crippen LogP contribution in [0.15, 0.2) is 24.3 Å². The number of hydrogen-bond donors (Lipinski definition) is 1. The molecule has 0 heterocycles. The molecule has 4 nitrogen and oxygen atoms in total. The van der Waals surface area contributed by atoms with E-state index < -0.39 is 5.97 Å². The molecule has 0 saturated carbocycles. The number of benzene rings is 1. The van der Waals surface area contributed by atoms with Crippen LogP contribution in [0.5, 0.6) is 5.75 Å². The summed E-state index contributed by atoms with van der Waals surface area (Å²) in [7, 11) is 0. The van der Waals surface area contributed by atoms with E-state index >= 15 is 0 Å². The third kappa shape index (κ3) is 6.19. The molecule has 1 aromatic carbocycles. The first-order valence-electron chi connectivity index (χ1n) is 5.67. The zero-order chi connectivity index (χ0) is 12.7. The Morgan fingerprint density at radius 1 is 1.22 bits per heavy atom. The smallest absolute Gasteiger partial charge is 1.00 e. The molecular weight excluding hydrogens is 243 g/mol. The number of hydrogen-bond acceptors (Lipinski definition) is 3. The molecule has 1 aromatic rings. The van der Waals surface area contributed by atoms with Crippen molar-refractivity contribution in [2.45, 2.75) is 32.6 Å². The van der Waals surface area contributed by atoms with Gasteiger partial charge in [0.25, 0.3) is 0 Å². The molecule has 1 N–H and O–H groups in total. The Balaban J connectivity index is 0. The van der Waals surface area contributed by atoms with Crippen LogP contribution >= 0.6 is 0 Å². The van der Waals surface area contributed by atoms with Gasteiger partial charge in [0.1, 0.15) is 5.75 Å². The average molecular weight is 260 g/mol. The maximum atomic E-state index is 11.4. The van der Waals surface area contributed by atoms with E-state index in [-0.39, 0.29) is 42.5 Å². The van der Waals surface area contributed by atoms with E-state index in [1.165, 1.54) is 24.3 Å². The van der Waals surface area contributed by atoms with Gasteiger partial charge in [-0.05, 0) is 30.7 Å². The summed E-state index contributed by atoms with van der Waals surface area (Å²) in [6.45, 7) is 2.07. The first-order valence-corrected chi connectivity index (χ1v) is 5.67. The van der Waals surface area contributed by atoms with Gasteiger partial charge in [-0.25, -0.2) is 4.79 Å². The second kappa shape index (κ2) is 9.14. The van der Waals surface area contributed by atoms with Gasteiger partial charge >= 0.3 is 41.5 Å². The molecule has 5 heteroatoms. The van der Waals surface area contributed by atoms with Crippen LogP contribution in [0.2, 0.25) is 0 Å². The largest absolute Gasteiger partial charge is 1.00 e. The maximum Gasteiger partial charge on any atom is 1.00 e. The van der Waals surface area contributed by atoms with Crippen molar-refractivity contribution in [2.24, 2.45) is 0 Å². The van der Waals surface area contributed by atoms with Gasteiger partial charge in [0.15, 0.2) is 0 Å². The topological polar surface area (TPSA) is 63.6 Å². The van der Waals surface area contributed by atoms with Gasteiger partial charge in [0.2, 0.25) is 0 Å². The van der Waals surface area contributed by atoms with Crippen LogP contribution < -0.4 is 34.3 Å². The number of carboxylic acids is 1. The van der Waals surface area contributed by atoms with Gasteiger partial charge in [0, 0.05) is 6.42 Å². The van der Waals surface area contributed by atoms with Crippen LogP contribution in [0.1, 0.15) is 44.4 Å². The van der Waals surface area contributed by atoms with Crippen LogP contribution in [-0.2, 0) is 4.79 Å². The molecule has 94 valence electrons. The predicted octanol–water partition coefficient (Wildman–Crippen LogP) is -0.0130. The van der Waals surface area contributed by atoms with Crippen molar-refractivity contribution in [2.75, 3.05) is 0 Å². The summed E-state index contributed by atoms with van der Waals surface area (Å²) in [5, 5.41) is 8.69. The SMILES string of the molecule is CCCCCC(=O)Oc1ccc(C(=O)O)cc1.[H-].[Na+]. The zero-order valence-electron chi connectivity index (χ0n) is 11.8. The molecule has 0 fully saturated rings. The van der Waals surface area contributed by atoms with Gasteiger partial charge in [-0.3, -0.25) is 4.79 Å². The van der Waals surface area contributed by atoms with Gasteiger partial charge in [-0.1, -0.05) is 19.8 Å². The monoisotopic (exact) mass is 260 g/mol. The number of carbonyl (C=O) groups excluding carboxylic acids is 1. The van der Waals surface area contributed by atoms with Crippen LogP contribution in [0.3, 0.4) is 0 Å². The number of unbranched alkanes of at least 4 members (excludes halogenated alkanes) is 2. The molecule has 0 amide bonds. The van der Waals surface area contributed by atoms with E-state index in [1.54, 1.807) is 0 Å². The quantitative estimate of drug-likeness (QED) is 0.338. The Morgan fingerprint density at radius 3 is 2.33 bits per heavy atom. The van der Waals surface area contributed by atoms with E-state index in [2.05, 4.69) is 6.92 Å². The summed E-state index contributed by atoms with van der Waals surface area (Å²) in [4.78, 5) is 22.0. The van der Waals surface area contributed by atoms with Crippen molar-refractivity contribution in [3.8, 4) is 5.75 Å². The minimum Gasteiger partial charge on any atom is -1.00 e. The summed E-state index contributed by atoms with van der Waals surface area (Å²) in [5.41, 5.74) is 0.177. The van der Waals surface area contributed by atoms with Crippen molar-refractivity contribution < 1.29 is 50.4 Å². The number of rotatable bonds is 6. The summed E-state index contributed by atoms with van der Waals surface area (Å²) >= 11 is 0. The number of aromatic carboxylic acids is 1. The molecule has 0 saturated heterocycles. The molecule has 0 aliphatic carbocycles. The number of carbonyl (C=O) groups is 2. The molecule has 0 unspecified atom stereocenters. The van der Waals surface area contributed by atoms with E-state index in [9.17, 15) is 9.59 Å². The van der Waals surface area contributed by atoms with Gasteiger partial charge < -0.3 is 11.3 Å². The van der Waals surface area contributed by atoms with Crippen LogP contribution in [0.25, 0.3) is 0 Å². The van der Waals surface area contributed by atoms with Crippen molar-refractivity contribution in [3.05, 3.63) is 29.8 Å². The third-order valence-corrected chi connectivity index (χ3v) is 2.32. The average Bonchev–Trinajstić information content (AvgIpc) is 2.30. The van der Waals surface area contributed by atoms with Gasteiger partial charge in [-0.15, -0.1) is 0 Å².